The highest BCUT2D eigenvalue weighted by Gasteiger charge is 2.30. The highest BCUT2D eigenvalue weighted by molar-refractivity contribution is 7.12. The SMILES string of the molecule is O=C(NCc1cccc(C(F)(F)F)c1)c1ccc(CNC(=O)c2cccs2)cc1. The van der Waals surface area contributed by atoms with Crippen molar-refractivity contribution in [3.63, 3.8) is 0 Å². The van der Waals surface area contributed by atoms with E-state index in [1.807, 2.05) is 5.38 Å². The molecule has 0 saturated heterocycles. The van der Waals surface area contributed by atoms with Gasteiger partial charge in [0.1, 0.15) is 0 Å². The number of carbonyl (C=O) groups is 2. The van der Waals surface area contributed by atoms with E-state index in [2.05, 4.69) is 10.6 Å². The average molecular weight is 418 g/mol. The van der Waals surface area contributed by atoms with Gasteiger partial charge in [-0.1, -0.05) is 30.3 Å². The summed E-state index contributed by atoms with van der Waals surface area (Å²) in [5.74, 6) is -0.556. The quantitative estimate of drug-likeness (QED) is 0.613. The van der Waals surface area contributed by atoms with Gasteiger partial charge in [-0.15, -0.1) is 11.3 Å². The Kier molecular flexibility index (Phi) is 6.33. The van der Waals surface area contributed by atoms with Crippen LogP contribution in [0.5, 0.6) is 0 Å². The number of hydrogen-bond donors (Lipinski definition) is 2. The van der Waals surface area contributed by atoms with Crippen molar-refractivity contribution in [3.8, 4) is 0 Å². The first-order valence-electron chi connectivity index (χ1n) is 8.68. The molecule has 8 heteroatoms. The first-order chi connectivity index (χ1) is 13.8. The van der Waals surface area contributed by atoms with Gasteiger partial charge in [-0.05, 0) is 46.8 Å². The molecule has 0 aliphatic rings. The monoisotopic (exact) mass is 418 g/mol. The third-order valence-electron chi connectivity index (χ3n) is 4.12. The van der Waals surface area contributed by atoms with Gasteiger partial charge in [0.25, 0.3) is 11.8 Å². The fourth-order valence-corrected chi connectivity index (χ4v) is 3.23. The lowest BCUT2D eigenvalue weighted by Crippen LogP contribution is -2.23. The van der Waals surface area contributed by atoms with E-state index < -0.39 is 17.6 Å². The smallest absolute Gasteiger partial charge is 0.348 e. The zero-order valence-corrected chi connectivity index (χ0v) is 15.9. The molecule has 3 aromatic rings. The molecule has 0 fully saturated rings. The molecule has 0 unspecified atom stereocenters. The first kappa shape index (κ1) is 20.6. The number of carbonyl (C=O) groups excluding carboxylic acids is 2. The number of amides is 2. The second kappa shape index (κ2) is 8.91. The highest BCUT2D eigenvalue weighted by Crippen LogP contribution is 2.29. The van der Waals surface area contributed by atoms with E-state index in [9.17, 15) is 22.8 Å². The molecule has 3 rings (SSSR count). The summed E-state index contributed by atoms with van der Waals surface area (Å²) in [5, 5.41) is 7.22. The Morgan fingerprint density at radius 1 is 0.828 bits per heavy atom. The van der Waals surface area contributed by atoms with Gasteiger partial charge < -0.3 is 10.6 Å². The predicted octanol–water partition coefficient (Wildman–Crippen LogP) is 4.63. The number of hydrogen-bond acceptors (Lipinski definition) is 3. The first-order valence-corrected chi connectivity index (χ1v) is 9.56. The van der Waals surface area contributed by atoms with Gasteiger partial charge in [-0.2, -0.15) is 13.2 Å². The molecular formula is C21H17F3N2O2S. The Bertz CT molecular complexity index is 984. The Hall–Kier alpha value is -3.13. The summed E-state index contributed by atoms with van der Waals surface area (Å²) in [6.07, 6.45) is -4.42. The van der Waals surface area contributed by atoms with Crippen LogP contribution < -0.4 is 10.6 Å². The maximum atomic E-state index is 12.7. The molecule has 0 bridgehead atoms. The van der Waals surface area contributed by atoms with Crippen LogP contribution >= 0.6 is 11.3 Å². The van der Waals surface area contributed by atoms with Crippen LogP contribution in [0.3, 0.4) is 0 Å². The summed E-state index contributed by atoms with van der Waals surface area (Å²) >= 11 is 1.35. The number of benzene rings is 2. The van der Waals surface area contributed by atoms with Crippen LogP contribution in [0.4, 0.5) is 13.2 Å². The van der Waals surface area contributed by atoms with Crippen LogP contribution in [0.1, 0.15) is 36.7 Å². The molecule has 0 radical (unpaired) electrons. The lowest BCUT2D eigenvalue weighted by Gasteiger charge is -2.10. The molecule has 2 N–H and O–H groups in total. The van der Waals surface area contributed by atoms with Gasteiger partial charge in [0.15, 0.2) is 0 Å². The molecule has 29 heavy (non-hydrogen) atoms. The molecule has 1 heterocycles. The topological polar surface area (TPSA) is 58.2 Å². The van der Waals surface area contributed by atoms with Crippen LogP contribution in [0.2, 0.25) is 0 Å². The van der Waals surface area contributed by atoms with Gasteiger partial charge in [-0.3, -0.25) is 9.59 Å². The van der Waals surface area contributed by atoms with Crippen molar-refractivity contribution in [3.05, 3.63) is 93.2 Å². The highest BCUT2D eigenvalue weighted by atomic mass is 32.1. The van der Waals surface area contributed by atoms with E-state index in [0.29, 0.717) is 22.5 Å². The molecule has 0 aliphatic heterocycles. The molecule has 0 aliphatic carbocycles. The van der Waals surface area contributed by atoms with Crippen LogP contribution in [-0.2, 0) is 19.3 Å². The zero-order chi connectivity index (χ0) is 20.9. The second-order valence-corrected chi connectivity index (χ2v) is 7.19. The third-order valence-corrected chi connectivity index (χ3v) is 4.99. The van der Waals surface area contributed by atoms with Gasteiger partial charge in [-0.25, -0.2) is 0 Å². The molecule has 0 atom stereocenters. The fourth-order valence-electron chi connectivity index (χ4n) is 2.59. The third kappa shape index (κ3) is 5.68. The Morgan fingerprint density at radius 3 is 2.17 bits per heavy atom. The zero-order valence-electron chi connectivity index (χ0n) is 15.1. The van der Waals surface area contributed by atoms with Crippen LogP contribution in [0.15, 0.2) is 66.0 Å². The Morgan fingerprint density at radius 2 is 1.52 bits per heavy atom. The van der Waals surface area contributed by atoms with Crippen LogP contribution in [-0.4, -0.2) is 11.8 Å². The molecule has 1 aromatic heterocycles. The lowest BCUT2D eigenvalue weighted by atomic mass is 10.1. The van der Waals surface area contributed by atoms with Gasteiger partial charge in [0.2, 0.25) is 0 Å². The summed E-state index contributed by atoms with van der Waals surface area (Å²) in [4.78, 5) is 24.8. The van der Waals surface area contributed by atoms with Gasteiger partial charge in [0, 0.05) is 18.7 Å². The average Bonchev–Trinajstić information content (AvgIpc) is 3.25. The van der Waals surface area contributed by atoms with Gasteiger partial charge >= 0.3 is 6.18 Å². The molecule has 0 spiro atoms. The van der Waals surface area contributed by atoms with E-state index in [1.165, 1.54) is 23.5 Å². The lowest BCUT2D eigenvalue weighted by molar-refractivity contribution is -0.137. The number of nitrogens with one attached hydrogen (secondary N) is 2. The number of rotatable bonds is 6. The van der Waals surface area contributed by atoms with Crippen molar-refractivity contribution < 1.29 is 22.8 Å². The van der Waals surface area contributed by atoms with Crippen LogP contribution in [0, 0.1) is 0 Å². The summed E-state index contributed by atoms with van der Waals surface area (Å²) in [7, 11) is 0. The maximum Gasteiger partial charge on any atom is 0.416 e. The van der Waals surface area contributed by atoms with Crippen molar-refractivity contribution in [2.45, 2.75) is 19.3 Å². The number of thiophene rings is 1. The molecule has 4 nitrogen and oxygen atoms in total. The molecular weight excluding hydrogens is 401 g/mol. The predicted molar refractivity (Wildman–Crippen MR) is 105 cm³/mol. The second-order valence-electron chi connectivity index (χ2n) is 6.24. The summed E-state index contributed by atoms with van der Waals surface area (Å²) in [6.45, 7) is 0.310. The number of halogens is 3. The van der Waals surface area contributed by atoms with E-state index >= 15 is 0 Å². The molecule has 2 amide bonds. The van der Waals surface area contributed by atoms with Crippen molar-refractivity contribution in [1.29, 1.82) is 0 Å². The van der Waals surface area contributed by atoms with Crippen molar-refractivity contribution >= 4 is 23.2 Å². The summed E-state index contributed by atoms with van der Waals surface area (Å²) in [6, 6.07) is 15.0. The standard InChI is InChI=1S/C21H17F3N2O2S/c22-21(23,24)17-4-1-3-15(11-17)13-25-19(27)16-8-6-14(7-9-16)12-26-20(28)18-5-2-10-29-18/h1-11H,12-13H2,(H,25,27)(H,26,28). The molecule has 0 saturated carbocycles. The van der Waals surface area contributed by atoms with E-state index in [4.69, 9.17) is 0 Å². The largest absolute Gasteiger partial charge is 0.416 e. The Labute approximate surface area is 169 Å². The van der Waals surface area contributed by atoms with E-state index in [1.54, 1.807) is 36.4 Å². The number of alkyl halides is 3. The molecule has 2 aromatic carbocycles. The van der Waals surface area contributed by atoms with Crippen LogP contribution in [0.25, 0.3) is 0 Å². The van der Waals surface area contributed by atoms with Crippen molar-refractivity contribution in [2.24, 2.45) is 0 Å². The van der Waals surface area contributed by atoms with Crippen molar-refractivity contribution in [2.75, 3.05) is 0 Å². The normalized spacial score (nSPS) is 11.1. The minimum atomic E-state index is -4.42. The van der Waals surface area contributed by atoms with Crippen molar-refractivity contribution in [1.82, 2.24) is 10.6 Å². The van der Waals surface area contributed by atoms with E-state index in [-0.39, 0.29) is 12.5 Å². The summed E-state index contributed by atoms with van der Waals surface area (Å²) in [5.41, 5.74) is 0.814. The minimum Gasteiger partial charge on any atom is -0.348 e. The maximum absolute atomic E-state index is 12.7. The molecule has 150 valence electrons. The minimum absolute atomic E-state index is 0.0125. The Balaban J connectivity index is 1.53. The summed E-state index contributed by atoms with van der Waals surface area (Å²) < 4.78 is 38.2. The van der Waals surface area contributed by atoms with E-state index in [0.717, 1.165) is 17.7 Å². The fraction of sp³-hybridized carbons (Fsp3) is 0.143. The van der Waals surface area contributed by atoms with Gasteiger partial charge in [0.05, 0.1) is 10.4 Å².